The summed E-state index contributed by atoms with van der Waals surface area (Å²) in [6.45, 7) is 4.32. The van der Waals surface area contributed by atoms with Crippen LogP contribution in [0.4, 0.5) is 0 Å². The van der Waals surface area contributed by atoms with Crippen molar-refractivity contribution in [3.63, 3.8) is 0 Å². The molecule has 0 bridgehead atoms. The Morgan fingerprint density at radius 2 is 1.74 bits per heavy atom. The first-order chi connectivity index (χ1) is 9.19. The lowest BCUT2D eigenvalue weighted by Gasteiger charge is -2.00. The van der Waals surface area contributed by atoms with Crippen LogP contribution in [-0.2, 0) is 0 Å². The number of benzene rings is 1. The third-order valence-electron chi connectivity index (χ3n) is 3.40. The molecule has 0 nitrogen and oxygen atoms in total. The molecule has 0 saturated carbocycles. The number of rotatable bonds is 0. The predicted molar refractivity (Wildman–Crippen MR) is 86.3 cm³/mol. The minimum absolute atomic E-state index is 1.22. The molecule has 0 aliphatic heterocycles. The van der Waals surface area contributed by atoms with Gasteiger partial charge in [0.1, 0.15) is 0 Å². The Balaban J connectivity index is 2.12. The Labute approximate surface area is 119 Å². The zero-order chi connectivity index (χ0) is 13.0. The number of hydrogen-bond donors (Lipinski definition) is 0. The maximum atomic E-state index is 3.43. The molecule has 3 aromatic rings. The van der Waals surface area contributed by atoms with E-state index >= 15 is 0 Å². The van der Waals surface area contributed by atoms with Crippen molar-refractivity contribution < 1.29 is 0 Å². The molecule has 0 fully saturated rings. The normalized spacial score (nSPS) is 12.5. The molecule has 0 unspecified atom stereocenters. The molecule has 0 spiro atoms. The van der Waals surface area contributed by atoms with E-state index in [1.165, 1.54) is 40.7 Å². The fraction of sp³-hybridized carbons (Fsp3) is 0.118. The van der Waals surface area contributed by atoms with E-state index in [1.807, 2.05) is 22.7 Å². The Hall–Kier alpha value is -1.60. The molecule has 19 heavy (non-hydrogen) atoms. The summed E-state index contributed by atoms with van der Waals surface area (Å²) < 4.78 is 2.68. The smallest absolute Gasteiger partial charge is 0.0429 e. The second-order valence-corrected chi connectivity index (χ2v) is 7.52. The van der Waals surface area contributed by atoms with Gasteiger partial charge in [0.25, 0.3) is 0 Å². The van der Waals surface area contributed by atoms with E-state index in [4.69, 9.17) is 0 Å². The lowest BCUT2D eigenvalue weighted by molar-refractivity contribution is 1.60. The average molecular weight is 280 g/mol. The molecule has 2 heteroatoms. The van der Waals surface area contributed by atoms with Crippen LogP contribution < -0.4 is 9.75 Å². The molecule has 0 N–H and O–H groups in total. The Bertz CT molecular complexity index is 961. The maximum Gasteiger partial charge on any atom is 0.0429 e. The minimum atomic E-state index is 1.22. The van der Waals surface area contributed by atoms with Crippen LogP contribution >= 0.6 is 22.7 Å². The van der Waals surface area contributed by atoms with Crippen LogP contribution in [0, 0.1) is 13.8 Å². The zero-order valence-corrected chi connectivity index (χ0v) is 12.4. The van der Waals surface area contributed by atoms with Gasteiger partial charge in [-0.3, -0.25) is 0 Å². The molecule has 2 heterocycles. The lowest BCUT2D eigenvalue weighted by atomic mass is 10.1. The van der Waals surface area contributed by atoms with Gasteiger partial charge < -0.3 is 0 Å². The fourth-order valence-electron chi connectivity index (χ4n) is 2.55. The highest BCUT2D eigenvalue weighted by Gasteiger charge is 2.06. The van der Waals surface area contributed by atoms with Crippen LogP contribution in [0.5, 0.6) is 0 Å². The van der Waals surface area contributed by atoms with Gasteiger partial charge in [0.05, 0.1) is 0 Å². The summed E-state index contributed by atoms with van der Waals surface area (Å²) in [4.78, 5) is 2.72. The largest absolute Gasteiger partial charge is 0.141 e. The van der Waals surface area contributed by atoms with Gasteiger partial charge in [-0.1, -0.05) is 0 Å². The van der Waals surface area contributed by atoms with Gasteiger partial charge in [0, 0.05) is 24.2 Å². The summed E-state index contributed by atoms with van der Waals surface area (Å²) >= 11 is 3.70. The second-order valence-electron chi connectivity index (χ2n) is 4.94. The van der Waals surface area contributed by atoms with Gasteiger partial charge in [-0.15, -0.1) is 28.4 Å². The monoisotopic (exact) mass is 280 g/mol. The number of fused-ring (bicyclic) bond motifs is 3. The fourth-order valence-corrected chi connectivity index (χ4v) is 4.44. The van der Waals surface area contributed by atoms with Gasteiger partial charge in [-0.2, -0.15) is 0 Å². The maximum absolute atomic E-state index is 3.43. The van der Waals surface area contributed by atoms with Crippen molar-refractivity contribution in [1.29, 1.82) is 0 Å². The average Bonchev–Trinajstić information content (AvgIpc) is 2.83. The first kappa shape index (κ1) is 11.2. The van der Waals surface area contributed by atoms with E-state index in [2.05, 4.69) is 56.0 Å². The minimum Gasteiger partial charge on any atom is -0.141 e. The summed E-state index contributed by atoms with van der Waals surface area (Å²) in [7, 11) is 0. The van der Waals surface area contributed by atoms with Crippen molar-refractivity contribution in [2.75, 3.05) is 0 Å². The van der Waals surface area contributed by atoms with Crippen molar-refractivity contribution in [1.82, 2.24) is 0 Å². The first-order valence-electron chi connectivity index (χ1n) is 6.28. The molecule has 2 aromatic heterocycles. The molecule has 0 amide bonds. The van der Waals surface area contributed by atoms with Crippen LogP contribution in [0.3, 0.4) is 0 Å². The van der Waals surface area contributed by atoms with Gasteiger partial charge in [0.15, 0.2) is 0 Å². The number of thiophene rings is 2. The Kier molecular flexibility index (Phi) is 2.33. The van der Waals surface area contributed by atoms with E-state index in [1.54, 1.807) is 0 Å². The summed E-state index contributed by atoms with van der Waals surface area (Å²) in [5, 5.41) is 2.57. The quantitative estimate of drug-likeness (QED) is 0.459. The van der Waals surface area contributed by atoms with Crippen molar-refractivity contribution >= 4 is 50.6 Å². The van der Waals surface area contributed by atoms with Gasteiger partial charge in [-0.05, 0) is 66.8 Å². The third-order valence-corrected chi connectivity index (χ3v) is 5.41. The first-order valence-corrected chi connectivity index (χ1v) is 7.91. The highest BCUT2D eigenvalue weighted by atomic mass is 32.1. The molecule has 4 rings (SSSR count). The van der Waals surface area contributed by atoms with Crippen LogP contribution in [0.1, 0.15) is 20.9 Å². The van der Waals surface area contributed by atoms with Crippen molar-refractivity contribution in [2.45, 2.75) is 13.8 Å². The van der Waals surface area contributed by atoms with Crippen LogP contribution in [0.2, 0.25) is 0 Å². The topological polar surface area (TPSA) is 0 Å². The predicted octanol–water partition coefficient (Wildman–Crippen LogP) is 3.81. The molecule has 1 aliphatic rings. The summed E-state index contributed by atoms with van der Waals surface area (Å²) in [5.41, 5.74) is 6.01. The van der Waals surface area contributed by atoms with Gasteiger partial charge in [-0.25, -0.2) is 0 Å². The van der Waals surface area contributed by atoms with E-state index in [0.717, 1.165) is 0 Å². The van der Waals surface area contributed by atoms with Crippen LogP contribution in [0.25, 0.3) is 28.0 Å². The number of hydrogen-bond acceptors (Lipinski definition) is 2. The van der Waals surface area contributed by atoms with Crippen molar-refractivity contribution in [3.8, 4) is 0 Å². The number of aryl methyl sites for hydroxylation is 2. The van der Waals surface area contributed by atoms with Gasteiger partial charge in [0.2, 0.25) is 0 Å². The molecule has 92 valence electrons. The van der Waals surface area contributed by atoms with E-state index in [-0.39, 0.29) is 0 Å². The third kappa shape index (κ3) is 1.81. The van der Waals surface area contributed by atoms with E-state index < -0.39 is 0 Å². The molecule has 1 aliphatic carbocycles. The van der Waals surface area contributed by atoms with Crippen LogP contribution in [0.15, 0.2) is 24.3 Å². The van der Waals surface area contributed by atoms with Crippen LogP contribution in [-0.4, -0.2) is 0 Å². The summed E-state index contributed by atoms with van der Waals surface area (Å²) in [6.07, 6.45) is 4.42. The van der Waals surface area contributed by atoms with E-state index in [0.29, 0.717) is 0 Å². The Morgan fingerprint density at radius 3 is 2.63 bits per heavy atom. The van der Waals surface area contributed by atoms with Crippen molar-refractivity contribution in [3.05, 3.63) is 54.9 Å². The summed E-state index contributed by atoms with van der Waals surface area (Å²) in [5.74, 6) is 0. The van der Waals surface area contributed by atoms with Crippen molar-refractivity contribution in [2.24, 2.45) is 0 Å². The zero-order valence-electron chi connectivity index (χ0n) is 10.8. The molecule has 1 aromatic carbocycles. The SMILES string of the molecule is Cc1cc2c(s1)=Cc1cc3cc(C)sc3cc1C=C=2. The Morgan fingerprint density at radius 1 is 0.895 bits per heavy atom. The molecular weight excluding hydrogens is 268 g/mol. The molecule has 0 saturated heterocycles. The highest BCUT2D eigenvalue weighted by molar-refractivity contribution is 7.19. The molecule has 0 radical (unpaired) electrons. The standard InChI is InChI=1S/C17H12S2/c1-10-5-13-4-3-12-8-17-15(6-11(2)19-17)7-14(12)9-16(13)18-10/h3,5-9H,1-2H3. The lowest BCUT2D eigenvalue weighted by Crippen LogP contribution is -2.15. The molecular formula is C17H12S2. The van der Waals surface area contributed by atoms with E-state index in [9.17, 15) is 0 Å². The summed E-state index contributed by atoms with van der Waals surface area (Å²) in [6, 6.07) is 9.07. The second kappa shape index (κ2) is 3.94. The molecule has 0 atom stereocenters. The highest BCUT2D eigenvalue weighted by Crippen LogP contribution is 2.29. The van der Waals surface area contributed by atoms with Gasteiger partial charge >= 0.3 is 0 Å².